The van der Waals surface area contributed by atoms with Gasteiger partial charge >= 0.3 is 0 Å². The first-order valence-corrected chi connectivity index (χ1v) is 10.4. The van der Waals surface area contributed by atoms with Crippen molar-refractivity contribution in [3.05, 3.63) is 95.1 Å². The van der Waals surface area contributed by atoms with Crippen molar-refractivity contribution in [1.29, 1.82) is 0 Å². The van der Waals surface area contributed by atoms with Gasteiger partial charge in [0.05, 0.1) is 6.54 Å². The molecule has 0 fully saturated rings. The molecule has 0 saturated carbocycles. The normalized spacial score (nSPS) is 10.5. The second-order valence-electron chi connectivity index (χ2n) is 6.67. The fraction of sp³-hybridized carbons (Fsp3) is 0.208. The van der Waals surface area contributed by atoms with E-state index in [1.54, 1.807) is 11.8 Å². The molecule has 0 aromatic heterocycles. The molecule has 3 nitrogen and oxygen atoms in total. The maximum atomic E-state index is 12.3. The van der Waals surface area contributed by atoms with Gasteiger partial charge < -0.3 is 10.1 Å². The van der Waals surface area contributed by atoms with Crippen LogP contribution in [0.4, 0.5) is 0 Å². The molecule has 3 rings (SSSR count). The van der Waals surface area contributed by atoms with Crippen LogP contribution in [-0.4, -0.2) is 19.1 Å². The molecule has 28 heavy (non-hydrogen) atoms. The van der Waals surface area contributed by atoms with E-state index in [2.05, 4.69) is 30.4 Å². The number of thioether (sulfide) groups is 1. The minimum Gasteiger partial charge on any atom is -0.491 e. The number of hydrogen-bond acceptors (Lipinski definition) is 3. The average molecular weight is 392 g/mol. The van der Waals surface area contributed by atoms with Gasteiger partial charge in [-0.15, -0.1) is 11.8 Å². The van der Waals surface area contributed by atoms with Gasteiger partial charge in [-0.05, 0) is 55.3 Å². The number of rotatable bonds is 8. The van der Waals surface area contributed by atoms with Crippen LogP contribution in [0.15, 0.2) is 77.7 Å². The second-order valence-corrected chi connectivity index (χ2v) is 7.72. The summed E-state index contributed by atoms with van der Waals surface area (Å²) in [4.78, 5) is 13.5. The highest BCUT2D eigenvalue weighted by atomic mass is 32.2. The van der Waals surface area contributed by atoms with Crippen LogP contribution in [0.1, 0.15) is 27.0 Å². The van der Waals surface area contributed by atoms with Crippen molar-refractivity contribution >= 4 is 17.7 Å². The minimum atomic E-state index is -0.0773. The number of nitrogens with one attached hydrogen (secondary N) is 1. The maximum Gasteiger partial charge on any atom is 0.251 e. The summed E-state index contributed by atoms with van der Waals surface area (Å²) in [7, 11) is 0. The third-order valence-corrected chi connectivity index (χ3v) is 5.42. The first-order chi connectivity index (χ1) is 13.6. The summed E-state index contributed by atoms with van der Waals surface area (Å²) in [5.74, 6) is 1.67. The lowest BCUT2D eigenvalue weighted by molar-refractivity contribution is 0.0947. The first kappa shape index (κ1) is 20.0. The van der Waals surface area contributed by atoms with Gasteiger partial charge in [-0.2, -0.15) is 0 Å². The molecule has 0 aliphatic carbocycles. The number of amides is 1. The van der Waals surface area contributed by atoms with Crippen molar-refractivity contribution in [3.63, 3.8) is 0 Å². The summed E-state index contributed by atoms with van der Waals surface area (Å²) in [6.07, 6.45) is 0. The van der Waals surface area contributed by atoms with Crippen LogP contribution >= 0.6 is 11.8 Å². The van der Waals surface area contributed by atoms with E-state index in [4.69, 9.17) is 4.74 Å². The highest BCUT2D eigenvalue weighted by molar-refractivity contribution is 7.98. The monoisotopic (exact) mass is 391 g/mol. The Labute approximate surface area is 171 Å². The van der Waals surface area contributed by atoms with E-state index in [1.165, 1.54) is 16.0 Å². The molecule has 1 amide bonds. The van der Waals surface area contributed by atoms with Crippen molar-refractivity contribution in [2.75, 3.05) is 13.2 Å². The van der Waals surface area contributed by atoms with Gasteiger partial charge in [-0.3, -0.25) is 4.79 Å². The molecular weight excluding hydrogens is 366 g/mol. The van der Waals surface area contributed by atoms with Gasteiger partial charge in [-0.25, -0.2) is 0 Å². The van der Waals surface area contributed by atoms with Gasteiger partial charge in [0.25, 0.3) is 5.91 Å². The van der Waals surface area contributed by atoms with Gasteiger partial charge in [0.1, 0.15) is 12.4 Å². The minimum absolute atomic E-state index is 0.0773. The molecule has 0 aliphatic rings. The molecule has 4 heteroatoms. The molecule has 0 bridgehead atoms. The van der Waals surface area contributed by atoms with Crippen LogP contribution in [-0.2, 0) is 5.75 Å². The van der Waals surface area contributed by atoms with E-state index >= 15 is 0 Å². The summed E-state index contributed by atoms with van der Waals surface area (Å²) < 4.78 is 5.75. The Hall–Kier alpha value is -2.72. The molecular formula is C24H25NO2S. The Bertz CT molecular complexity index is 908. The Balaban J connectivity index is 1.43. The van der Waals surface area contributed by atoms with Crippen molar-refractivity contribution in [3.8, 4) is 5.75 Å². The number of hydrogen-bond donors (Lipinski definition) is 1. The zero-order valence-electron chi connectivity index (χ0n) is 16.3. The molecule has 0 aliphatic heterocycles. The molecule has 0 unspecified atom stereocenters. The molecule has 0 heterocycles. The topological polar surface area (TPSA) is 38.3 Å². The van der Waals surface area contributed by atoms with Gasteiger partial charge in [0.2, 0.25) is 0 Å². The van der Waals surface area contributed by atoms with Crippen LogP contribution in [0.2, 0.25) is 0 Å². The molecule has 3 aromatic rings. The molecule has 0 radical (unpaired) electrons. The van der Waals surface area contributed by atoms with E-state index in [0.717, 1.165) is 17.1 Å². The zero-order chi connectivity index (χ0) is 19.8. The largest absolute Gasteiger partial charge is 0.491 e. The third-order valence-electron chi connectivity index (χ3n) is 4.34. The quantitative estimate of drug-likeness (QED) is 0.412. The van der Waals surface area contributed by atoms with Gasteiger partial charge in [0, 0.05) is 16.2 Å². The third kappa shape index (κ3) is 5.89. The summed E-state index contributed by atoms with van der Waals surface area (Å²) in [5, 5.41) is 2.91. The maximum absolute atomic E-state index is 12.3. The Morgan fingerprint density at radius 3 is 2.43 bits per heavy atom. The smallest absolute Gasteiger partial charge is 0.251 e. The van der Waals surface area contributed by atoms with Crippen molar-refractivity contribution < 1.29 is 9.53 Å². The van der Waals surface area contributed by atoms with Crippen molar-refractivity contribution in [2.45, 2.75) is 24.5 Å². The van der Waals surface area contributed by atoms with E-state index < -0.39 is 0 Å². The number of aryl methyl sites for hydroxylation is 2. The zero-order valence-corrected chi connectivity index (χ0v) is 17.1. The lowest BCUT2D eigenvalue weighted by atomic mass is 10.1. The Morgan fingerprint density at radius 2 is 1.71 bits per heavy atom. The van der Waals surface area contributed by atoms with Crippen molar-refractivity contribution in [1.82, 2.24) is 5.32 Å². The highest BCUT2D eigenvalue weighted by Crippen LogP contribution is 2.22. The SMILES string of the molecule is Cc1ccc(OCCNC(=O)c2ccc(CSc3ccccc3)cc2)c(C)c1. The molecule has 1 N–H and O–H groups in total. The summed E-state index contributed by atoms with van der Waals surface area (Å²) in [6.45, 7) is 5.00. The number of benzene rings is 3. The van der Waals surface area contributed by atoms with Crippen LogP contribution in [0, 0.1) is 13.8 Å². The molecule has 3 aromatic carbocycles. The van der Waals surface area contributed by atoms with Gasteiger partial charge in [-0.1, -0.05) is 48.0 Å². The second kappa shape index (κ2) is 10.00. The highest BCUT2D eigenvalue weighted by Gasteiger charge is 2.06. The van der Waals surface area contributed by atoms with E-state index in [9.17, 15) is 4.79 Å². The van der Waals surface area contributed by atoms with Gasteiger partial charge in [0.15, 0.2) is 0 Å². The van der Waals surface area contributed by atoms with E-state index in [-0.39, 0.29) is 5.91 Å². The average Bonchev–Trinajstić information content (AvgIpc) is 2.72. The van der Waals surface area contributed by atoms with Crippen LogP contribution in [0.25, 0.3) is 0 Å². The predicted octanol–water partition coefficient (Wildman–Crippen LogP) is 5.40. The fourth-order valence-corrected chi connectivity index (χ4v) is 3.70. The van der Waals surface area contributed by atoms with Crippen LogP contribution in [0.3, 0.4) is 0 Å². The molecule has 144 valence electrons. The van der Waals surface area contributed by atoms with Crippen molar-refractivity contribution in [2.24, 2.45) is 0 Å². The number of ether oxygens (including phenoxy) is 1. The molecule has 0 saturated heterocycles. The molecule has 0 spiro atoms. The molecule has 0 atom stereocenters. The van der Waals surface area contributed by atoms with E-state index in [1.807, 2.05) is 61.5 Å². The van der Waals surface area contributed by atoms with Crippen LogP contribution in [0.5, 0.6) is 5.75 Å². The number of carbonyl (C=O) groups is 1. The first-order valence-electron chi connectivity index (χ1n) is 9.37. The number of carbonyl (C=O) groups excluding carboxylic acids is 1. The lowest BCUT2D eigenvalue weighted by Gasteiger charge is -2.11. The van der Waals surface area contributed by atoms with Crippen LogP contribution < -0.4 is 10.1 Å². The Kier molecular flexibility index (Phi) is 7.15. The fourth-order valence-electron chi connectivity index (χ4n) is 2.82. The Morgan fingerprint density at radius 1 is 0.964 bits per heavy atom. The summed E-state index contributed by atoms with van der Waals surface area (Å²) in [6, 6.07) is 24.2. The van der Waals surface area contributed by atoms with E-state index in [0.29, 0.717) is 18.7 Å². The summed E-state index contributed by atoms with van der Waals surface area (Å²) in [5.41, 5.74) is 4.18. The lowest BCUT2D eigenvalue weighted by Crippen LogP contribution is -2.28. The standard InChI is InChI=1S/C24H25NO2S/c1-18-8-13-23(19(2)16-18)27-15-14-25-24(26)21-11-9-20(10-12-21)17-28-22-6-4-3-5-7-22/h3-13,16H,14-15,17H2,1-2H3,(H,25,26). The summed E-state index contributed by atoms with van der Waals surface area (Å²) >= 11 is 1.79. The predicted molar refractivity (Wildman–Crippen MR) is 116 cm³/mol.